The van der Waals surface area contributed by atoms with Crippen LogP contribution in [0.25, 0.3) is 11.3 Å². The van der Waals surface area contributed by atoms with Crippen molar-refractivity contribution in [2.75, 3.05) is 0 Å². The van der Waals surface area contributed by atoms with Crippen molar-refractivity contribution >= 4 is 6.71 Å². The standard InChI is InChI=1S/C16H12BFN4/c18-12-3-1-2-11(6-12)15-13(8-19)14-7-17(10-20)9-16(4-5-16)22(14)21-15/h1-3,6H,4-5,7,9H2. The van der Waals surface area contributed by atoms with E-state index in [-0.39, 0.29) is 18.1 Å². The number of hydrogen-bond donors (Lipinski definition) is 0. The van der Waals surface area contributed by atoms with Crippen LogP contribution in [0.4, 0.5) is 4.39 Å². The number of halogens is 1. The van der Waals surface area contributed by atoms with Crippen LogP contribution in [0.2, 0.25) is 6.32 Å². The third-order valence-electron chi connectivity index (χ3n) is 4.72. The molecule has 2 heterocycles. The predicted molar refractivity (Wildman–Crippen MR) is 79.4 cm³/mol. The summed E-state index contributed by atoms with van der Waals surface area (Å²) in [6, 6.07) is 8.37. The van der Waals surface area contributed by atoms with Crippen molar-refractivity contribution in [3.05, 3.63) is 41.3 Å². The highest BCUT2D eigenvalue weighted by molar-refractivity contribution is 6.66. The van der Waals surface area contributed by atoms with Gasteiger partial charge in [-0.05, 0) is 37.6 Å². The van der Waals surface area contributed by atoms with Gasteiger partial charge in [0.05, 0.1) is 11.2 Å². The fourth-order valence-corrected chi connectivity index (χ4v) is 3.49. The molecule has 1 aromatic carbocycles. The van der Waals surface area contributed by atoms with Gasteiger partial charge in [-0.15, -0.1) is 0 Å². The summed E-state index contributed by atoms with van der Waals surface area (Å²) in [6.07, 6.45) is 3.33. The first-order valence-corrected chi connectivity index (χ1v) is 7.35. The molecule has 0 amide bonds. The number of fused-ring (bicyclic) bond motifs is 2. The third-order valence-corrected chi connectivity index (χ3v) is 4.72. The Morgan fingerprint density at radius 3 is 2.77 bits per heavy atom. The average molecular weight is 290 g/mol. The smallest absolute Gasteiger partial charge is 0.263 e. The second-order valence-electron chi connectivity index (χ2n) is 6.16. The van der Waals surface area contributed by atoms with E-state index in [0.29, 0.717) is 23.1 Å². The molecule has 1 aliphatic heterocycles. The van der Waals surface area contributed by atoms with Crippen LogP contribution < -0.4 is 0 Å². The van der Waals surface area contributed by atoms with E-state index in [4.69, 9.17) is 0 Å². The normalized spacial score (nSPS) is 17.7. The van der Waals surface area contributed by atoms with E-state index in [1.165, 1.54) is 12.1 Å². The molecule has 6 heteroatoms. The molecule has 22 heavy (non-hydrogen) atoms. The molecule has 1 fully saturated rings. The Morgan fingerprint density at radius 2 is 2.14 bits per heavy atom. The Morgan fingerprint density at radius 1 is 1.32 bits per heavy atom. The highest BCUT2D eigenvalue weighted by Crippen LogP contribution is 2.51. The number of benzene rings is 1. The minimum Gasteiger partial charge on any atom is -0.263 e. The molecule has 1 aromatic heterocycles. The molecule has 0 bridgehead atoms. The lowest BCUT2D eigenvalue weighted by atomic mass is 9.42. The lowest BCUT2D eigenvalue weighted by Crippen LogP contribution is -2.35. The molecule has 0 radical (unpaired) electrons. The second-order valence-corrected chi connectivity index (χ2v) is 6.16. The molecule has 1 aliphatic carbocycles. The number of rotatable bonds is 1. The first-order valence-electron chi connectivity index (χ1n) is 7.35. The maximum Gasteiger partial charge on any atom is 0.276 e. The molecule has 4 nitrogen and oxygen atoms in total. The first-order chi connectivity index (χ1) is 10.7. The summed E-state index contributed by atoms with van der Waals surface area (Å²) in [6.45, 7) is -0.0702. The van der Waals surface area contributed by atoms with Crippen LogP contribution in [0.3, 0.4) is 0 Å². The Hall–Kier alpha value is -2.60. The maximum absolute atomic E-state index is 13.5. The Bertz CT molecular complexity index is 854. The van der Waals surface area contributed by atoms with Gasteiger partial charge in [-0.3, -0.25) is 4.68 Å². The van der Waals surface area contributed by atoms with Crippen LogP contribution in [0.15, 0.2) is 24.3 Å². The van der Waals surface area contributed by atoms with E-state index in [1.807, 2.05) is 4.68 Å². The summed E-state index contributed by atoms with van der Waals surface area (Å²) in [5.74, 6) is 2.00. The van der Waals surface area contributed by atoms with Crippen LogP contribution in [0.5, 0.6) is 0 Å². The van der Waals surface area contributed by atoms with Crippen molar-refractivity contribution in [1.82, 2.24) is 9.78 Å². The lowest BCUT2D eigenvalue weighted by molar-refractivity contribution is 0.444. The van der Waals surface area contributed by atoms with Gasteiger partial charge in [0.15, 0.2) is 0 Å². The molecule has 2 aromatic rings. The van der Waals surface area contributed by atoms with E-state index in [9.17, 15) is 14.9 Å². The Balaban J connectivity index is 1.92. The largest absolute Gasteiger partial charge is 0.276 e. The van der Waals surface area contributed by atoms with Gasteiger partial charge in [-0.25, -0.2) is 9.65 Å². The zero-order valence-corrected chi connectivity index (χ0v) is 11.9. The van der Waals surface area contributed by atoms with Gasteiger partial charge >= 0.3 is 0 Å². The predicted octanol–water partition coefficient (Wildman–Crippen LogP) is 2.70. The molecule has 0 saturated heterocycles. The summed E-state index contributed by atoms with van der Waals surface area (Å²) in [5.41, 5.74) is 2.36. The highest BCUT2D eigenvalue weighted by Gasteiger charge is 2.52. The summed E-state index contributed by atoms with van der Waals surface area (Å²) in [4.78, 5) is 0. The van der Waals surface area contributed by atoms with Crippen LogP contribution in [0, 0.1) is 28.4 Å². The zero-order chi connectivity index (χ0) is 15.3. The quantitative estimate of drug-likeness (QED) is 0.758. The van der Waals surface area contributed by atoms with Crippen LogP contribution in [-0.2, 0) is 11.9 Å². The van der Waals surface area contributed by atoms with Crippen molar-refractivity contribution in [3.63, 3.8) is 0 Å². The molecule has 1 saturated carbocycles. The van der Waals surface area contributed by atoms with Crippen molar-refractivity contribution in [2.24, 2.45) is 0 Å². The van der Waals surface area contributed by atoms with Crippen molar-refractivity contribution in [2.45, 2.75) is 31.0 Å². The fraction of sp³-hybridized carbons (Fsp3) is 0.312. The summed E-state index contributed by atoms with van der Waals surface area (Å²) < 4.78 is 15.4. The SMILES string of the molecule is N#CB1Cc2c(C#N)c(-c3cccc(F)c3)nn2C2(CC2)C1. The van der Waals surface area contributed by atoms with Crippen molar-refractivity contribution in [3.8, 4) is 23.3 Å². The average Bonchev–Trinajstić information content (AvgIpc) is 3.18. The molecule has 1 spiro atoms. The molecular weight excluding hydrogens is 278 g/mol. The van der Waals surface area contributed by atoms with Crippen LogP contribution >= 0.6 is 0 Å². The van der Waals surface area contributed by atoms with Crippen molar-refractivity contribution in [1.29, 1.82) is 10.5 Å². The fourth-order valence-electron chi connectivity index (χ4n) is 3.49. The van der Waals surface area contributed by atoms with Gasteiger partial charge < -0.3 is 0 Å². The Kier molecular flexibility index (Phi) is 2.65. The number of nitriles is 2. The molecule has 0 unspecified atom stereocenters. The minimum absolute atomic E-state index is 0.0702. The molecule has 0 atom stereocenters. The maximum atomic E-state index is 13.5. The topological polar surface area (TPSA) is 65.4 Å². The lowest BCUT2D eigenvalue weighted by Gasteiger charge is -2.25. The van der Waals surface area contributed by atoms with E-state index in [1.54, 1.807) is 12.1 Å². The molecule has 2 aliphatic rings. The monoisotopic (exact) mass is 290 g/mol. The zero-order valence-electron chi connectivity index (χ0n) is 11.9. The van der Waals surface area contributed by atoms with E-state index >= 15 is 0 Å². The van der Waals surface area contributed by atoms with Gasteiger partial charge in [-0.2, -0.15) is 10.4 Å². The van der Waals surface area contributed by atoms with Crippen LogP contribution in [-0.4, -0.2) is 16.5 Å². The van der Waals surface area contributed by atoms with E-state index in [2.05, 4.69) is 17.1 Å². The van der Waals surface area contributed by atoms with Crippen LogP contribution in [0.1, 0.15) is 24.1 Å². The first kappa shape index (κ1) is 13.1. The van der Waals surface area contributed by atoms with Gasteiger partial charge in [0.1, 0.15) is 23.1 Å². The van der Waals surface area contributed by atoms with E-state index in [0.717, 1.165) is 24.9 Å². The number of aromatic nitrogens is 2. The van der Waals surface area contributed by atoms with Gasteiger partial charge in [-0.1, -0.05) is 12.1 Å². The molecular formula is C16H12BFN4. The summed E-state index contributed by atoms with van der Waals surface area (Å²) in [5, 5.41) is 23.5. The summed E-state index contributed by atoms with van der Waals surface area (Å²) in [7, 11) is 0. The molecule has 0 N–H and O–H groups in total. The number of hydrogen-bond acceptors (Lipinski definition) is 3. The molecule has 106 valence electrons. The van der Waals surface area contributed by atoms with Gasteiger partial charge in [0.2, 0.25) is 0 Å². The second kappa shape index (κ2) is 4.45. The van der Waals surface area contributed by atoms with Crippen molar-refractivity contribution < 1.29 is 4.39 Å². The van der Waals surface area contributed by atoms with E-state index < -0.39 is 0 Å². The number of nitrogens with zero attached hydrogens (tertiary/aromatic N) is 4. The molecule has 4 rings (SSSR count). The highest BCUT2D eigenvalue weighted by atomic mass is 19.1. The minimum atomic E-state index is -0.344. The Labute approximate surface area is 127 Å². The third kappa shape index (κ3) is 1.77. The summed E-state index contributed by atoms with van der Waals surface area (Å²) >= 11 is 0. The van der Waals surface area contributed by atoms with Gasteiger partial charge in [0, 0.05) is 11.5 Å². The van der Waals surface area contributed by atoms with Gasteiger partial charge in [0.25, 0.3) is 6.71 Å².